The molecule has 3 heterocycles. The summed E-state index contributed by atoms with van der Waals surface area (Å²) < 4.78 is 0. The van der Waals surface area contributed by atoms with E-state index in [-0.39, 0.29) is 0 Å². The van der Waals surface area contributed by atoms with Gasteiger partial charge in [-0.1, -0.05) is 24.3 Å². The van der Waals surface area contributed by atoms with E-state index in [2.05, 4.69) is 22.1 Å². The maximum atomic E-state index is 4.73. The lowest BCUT2D eigenvalue weighted by Crippen LogP contribution is -1.91. The first-order valence-electron chi connectivity index (χ1n) is 6.63. The van der Waals surface area contributed by atoms with E-state index in [0.717, 1.165) is 32.9 Å². The number of rotatable bonds is 2. The van der Waals surface area contributed by atoms with Crippen molar-refractivity contribution in [2.45, 2.75) is 0 Å². The molecule has 0 radical (unpaired) electrons. The molecule has 4 aromatic rings. The summed E-state index contributed by atoms with van der Waals surface area (Å²) in [5, 5.41) is 4.07. The van der Waals surface area contributed by atoms with Crippen molar-refractivity contribution in [3.63, 3.8) is 0 Å². The predicted octanol–water partition coefficient (Wildman–Crippen LogP) is 4.42. The Hall–Kier alpha value is -2.59. The van der Waals surface area contributed by atoms with Crippen molar-refractivity contribution < 1.29 is 0 Å². The van der Waals surface area contributed by atoms with Crippen LogP contribution in [0.25, 0.3) is 32.9 Å². The molecule has 0 bridgehead atoms. The van der Waals surface area contributed by atoms with Crippen LogP contribution >= 0.6 is 11.3 Å². The van der Waals surface area contributed by atoms with Gasteiger partial charge in [0.05, 0.1) is 16.9 Å². The van der Waals surface area contributed by atoms with Crippen molar-refractivity contribution in [2.75, 3.05) is 0 Å². The lowest BCUT2D eigenvalue weighted by Gasteiger charge is -2.06. The molecule has 0 aliphatic heterocycles. The number of thiazole rings is 1. The molecule has 4 rings (SSSR count). The molecule has 0 saturated carbocycles. The second-order valence-electron chi connectivity index (χ2n) is 4.63. The third kappa shape index (κ3) is 2.19. The summed E-state index contributed by atoms with van der Waals surface area (Å²) in [5.74, 6) is 0. The van der Waals surface area contributed by atoms with Gasteiger partial charge in [-0.25, -0.2) is 9.97 Å². The maximum Gasteiger partial charge on any atom is 0.125 e. The summed E-state index contributed by atoms with van der Waals surface area (Å²) in [6, 6.07) is 16.2. The SMILES string of the molecule is c1cnc(-c2ccc3ccccc3n2)c(-c2nccs2)c1. The highest BCUT2D eigenvalue weighted by atomic mass is 32.1. The average Bonchev–Trinajstić information content (AvgIpc) is 3.09. The molecule has 1 aromatic carbocycles. The zero-order valence-corrected chi connectivity index (χ0v) is 11.9. The van der Waals surface area contributed by atoms with Crippen molar-refractivity contribution >= 4 is 22.2 Å². The molecule has 21 heavy (non-hydrogen) atoms. The van der Waals surface area contributed by atoms with Gasteiger partial charge in [-0.3, -0.25) is 4.98 Å². The number of nitrogens with zero attached hydrogens (tertiary/aromatic N) is 3. The zero-order valence-electron chi connectivity index (χ0n) is 11.1. The Bertz CT molecular complexity index is 901. The lowest BCUT2D eigenvalue weighted by atomic mass is 10.1. The van der Waals surface area contributed by atoms with E-state index < -0.39 is 0 Å². The van der Waals surface area contributed by atoms with Gasteiger partial charge in [0, 0.05) is 28.7 Å². The van der Waals surface area contributed by atoms with E-state index in [1.54, 1.807) is 17.5 Å². The molecule has 3 aromatic heterocycles. The van der Waals surface area contributed by atoms with E-state index >= 15 is 0 Å². The van der Waals surface area contributed by atoms with Crippen LogP contribution in [0.1, 0.15) is 0 Å². The highest BCUT2D eigenvalue weighted by Crippen LogP contribution is 2.31. The Balaban J connectivity index is 1.93. The number of hydrogen-bond acceptors (Lipinski definition) is 4. The predicted molar refractivity (Wildman–Crippen MR) is 86.1 cm³/mol. The van der Waals surface area contributed by atoms with Crippen LogP contribution in [-0.4, -0.2) is 15.0 Å². The van der Waals surface area contributed by atoms with E-state index in [4.69, 9.17) is 4.98 Å². The molecule has 3 nitrogen and oxygen atoms in total. The summed E-state index contributed by atoms with van der Waals surface area (Å²) in [6.45, 7) is 0. The third-order valence-corrected chi connectivity index (χ3v) is 4.12. The Labute approximate surface area is 126 Å². The van der Waals surface area contributed by atoms with Crippen molar-refractivity contribution in [3.05, 3.63) is 66.3 Å². The van der Waals surface area contributed by atoms with Gasteiger partial charge in [0.15, 0.2) is 0 Å². The molecule has 0 unspecified atom stereocenters. The van der Waals surface area contributed by atoms with Gasteiger partial charge in [-0.2, -0.15) is 0 Å². The van der Waals surface area contributed by atoms with E-state index in [1.807, 2.05) is 48.0 Å². The van der Waals surface area contributed by atoms with Crippen LogP contribution in [0.5, 0.6) is 0 Å². The molecule has 0 saturated heterocycles. The molecule has 100 valence electrons. The summed E-state index contributed by atoms with van der Waals surface area (Å²) in [5.41, 5.74) is 3.75. The standard InChI is InChI=1S/C17H11N3S/c1-2-6-14-12(4-1)7-8-15(20-14)16-13(5-3-9-18-16)17-19-10-11-21-17/h1-11H. The molecule has 0 N–H and O–H groups in total. The van der Waals surface area contributed by atoms with Crippen LogP contribution in [0.15, 0.2) is 66.3 Å². The van der Waals surface area contributed by atoms with Gasteiger partial charge >= 0.3 is 0 Å². The van der Waals surface area contributed by atoms with Crippen LogP contribution in [0.2, 0.25) is 0 Å². The van der Waals surface area contributed by atoms with Crippen LogP contribution in [0.3, 0.4) is 0 Å². The van der Waals surface area contributed by atoms with E-state index in [1.165, 1.54) is 0 Å². The normalized spacial score (nSPS) is 10.9. The number of aromatic nitrogens is 3. The summed E-state index contributed by atoms with van der Waals surface area (Å²) in [6.07, 6.45) is 3.61. The quantitative estimate of drug-likeness (QED) is 0.548. The van der Waals surface area contributed by atoms with Crippen molar-refractivity contribution in [1.82, 2.24) is 15.0 Å². The van der Waals surface area contributed by atoms with Crippen molar-refractivity contribution in [3.8, 4) is 22.0 Å². The first-order valence-corrected chi connectivity index (χ1v) is 7.51. The van der Waals surface area contributed by atoms with Gasteiger partial charge in [-0.15, -0.1) is 11.3 Å². The van der Waals surface area contributed by atoms with E-state index in [9.17, 15) is 0 Å². The molecule has 0 aliphatic carbocycles. The summed E-state index contributed by atoms with van der Waals surface area (Å²) in [4.78, 5) is 13.6. The fraction of sp³-hybridized carbons (Fsp3) is 0. The Morgan fingerprint density at radius 3 is 2.67 bits per heavy atom. The first kappa shape index (κ1) is 12.2. The fourth-order valence-corrected chi connectivity index (χ4v) is 3.00. The molecular weight excluding hydrogens is 278 g/mol. The highest BCUT2D eigenvalue weighted by Gasteiger charge is 2.11. The zero-order chi connectivity index (χ0) is 14.1. The molecule has 0 amide bonds. The number of hydrogen-bond donors (Lipinski definition) is 0. The molecular formula is C17H11N3S. The molecule has 0 spiro atoms. The lowest BCUT2D eigenvalue weighted by molar-refractivity contribution is 1.27. The maximum absolute atomic E-state index is 4.73. The Morgan fingerprint density at radius 2 is 1.76 bits per heavy atom. The third-order valence-electron chi connectivity index (χ3n) is 3.31. The van der Waals surface area contributed by atoms with E-state index in [0.29, 0.717) is 0 Å². The highest BCUT2D eigenvalue weighted by molar-refractivity contribution is 7.13. The topological polar surface area (TPSA) is 38.7 Å². The van der Waals surface area contributed by atoms with Gasteiger partial charge in [0.2, 0.25) is 0 Å². The molecule has 0 atom stereocenters. The minimum absolute atomic E-state index is 0.873. The minimum atomic E-state index is 0.873. The smallest absolute Gasteiger partial charge is 0.125 e. The monoisotopic (exact) mass is 289 g/mol. The van der Waals surface area contributed by atoms with Crippen LogP contribution in [0, 0.1) is 0 Å². The summed E-state index contributed by atoms with van der Waals surface area (Å²) >= 11 is 1.61. The largest absolute Gasteiger partial charge is 0.254 e. The van der Waals surface area contributed by atoms with Gasteiger partial charge in [0.1, 0.15) is 5.01 Å². The van der Waals surface area contributed by atoms with Crippen molar-refractivity contribution in [2.24, 2.45) is 0 Å². The van der Waals surface area contributed by atoms with Gasteiger partial charge in [0.25, 0.3) is 0 Å². The first-order chi connectivity index (χ1) is 10.4. The number of fused-ring (bicyclic) bond motifs is 1. The number of para-hydroxylation sites is 1. The van der Waals surface area contributed by atoms with Gasteiger partial charge < -0.3 is 0 Å². The van der Waals surface area contributed by atoms with Gasteiger partial charge in [-0.05, 0) is 24.3 Å². The molecule has 0 fully saturated rings. The van der Waals surface area contributed by atoms with Crippen molar-refractivity contribution in [1.29, 1.82) is 0 Å². The molecule has 0 aliphatic rings. The molecule has 4 heteroatoms. The fourth-order valence-electron chi connectivity index (χ4n) is 2.34. The van der Waals surface area contributed by atoms with Crippen LogP contribution in [-0.2, 0) is 0 Å². The Kier molecular flexibility index (Phi) is 2.94. The van der Waals surface area contributed by atoms with Crippen LogP contribution < -0.4 is 0 Å². The summed E-state index contributed by atoms with van der Waals surface area (Å²) in [7, 11) is 0. The van der Waals surface area contributed by atoms with Crippen LogP contribution in [0.4, 0.5) is 0 Å². The minimum Gasteiger partial charge on any atom is -0.254 e. The second kappa shape index (κ2) is 5.07. The average molecular weight is 289 g/mol. The number of pyridine rings is 2. The second-order valence-corrected chi connectivity index (χ2v) is 5.52. The Morgan fingerprint density at radius 1 is 0.810 bits per heavy atom. The number of benzene rings is 1.